The molecule has 2 aromatic rings. The highest BCUT2D eigenvalue weighted by Gasteiger charge is 2.41. The van der Waals surface area contributed by atoms with Crippen LogP contribution in [0.3, 0.4) is 0 Å². The van der Waals surface area contributed by atoms with E-state index in [1.165, 1.54) is 54.1 Å². The molecule has 4 rings (SSSR count). The van der Waals surface area contributed by atoms with Gasteiger partial charge < -0.3 is 15.4 Å². The number of aromatic nitrogens is 1. The number of nitrogens with one attached hydrogen (secondary N) is 2. The van der Waals surface area contributed by atoms with E-state index in [0.717, 1.165) is 18.4 Å². The maximum absolute atomic E-state index is 13.6. The van der Waals surface area contributed by atoms with Gasteiger partial charge in [-0.3, -0.25) is 19.4 Å². The highest BCUT2D eigenvalue weighted by Crippen LogP contribution is 2.32. The molecule has 2 N–H and O–H groups in total. The Hall–Kier alpha value is -2.96. The van der Waals surface area contributed by atoms with Gasteiger partial charge in [0.25, 0.3) is 0 Å². The summed E-state index contributed by atoms with van der Waals surface area (Å²) in [4.78, 5) is 61.7. The average molecular weight is 671 g/mol. The number of thioether (sulfide) groups is 2. The Morgan fingerprint density at radius 1 is 1.16 bits per heavy atom. The zero-order valence-electron chi connectivity index (χ0n) is 25.9. The second kappa shape index (κ2) is 17.7. The molecule has 4 bridgehead atoms. The first kappa shape index (κ1) is 34.9. The molecule has 0 saturated heterocycles. The number of cyclic esters (lactones) is 1. The van der Waals surface area contributed by atoms with Gasteiger partial charge in [0.15, 0.2) is 5.12 Å². The smallest absolute Gasteiger partial charge is 0.329 e. The standard InChI is InChI=1S/C33H42N4O5S3/c1-3-4-5-6-10-16-29(39)43-17-12-11-15-24-19-27(38)34-20-28-35-26(21-44-28)30-37-33(2,22-45-30)32(41)36-25(31(40)42-24)18-23-13-8-7-9-14-23/h7-9,11,13-15,21,24-25H,3-6,10,12,16-20,22H2,1-2H3,(H,34,38)(H,36,41)/b15-11+/t24-,25+,33+/m1/s1. The first-order valence-electron chi connectivity index (χ1n) is 15.6. The van der Waals surface area contributed by atoms with Crippen molar-refractivity contribution in [2.45, 2.75) is 95.9 Å². The van der Waals surface area contributed by atoms with Crippen molar-refractivity contribution in [1.29, 1.82) is 0 Å². The molecule has 0 radical (unpaired) electrons. The van der Waals surface area contributed by atoms with Gasteiger partial charge in [-0.25, -0.2) is 9.78 Å². The summed E-state index contributed by atoms with van der Waals surface area (Å²) in [7, 11) is 0. The third kappa shape index (κ3) is 11.1. The Labute approximate surface area is 277 Å². The second-order valence-electron chi connectivity index (χ2n) is 11.4. The summed E-state index contributed by atoms with van der Waals surface area (Å²) in [5.74, 6) is -0.277. The molecule has 2 aliphatic heterocycles. The Balaban J connectivity index is 1.46. The molecular weight excluding hydrogens is 629 g/mol. The van der Waals surface area contributed by atoms with Gasteiger partial charge >= 0.3 is 5.97 Å². The zero-order valence-corrected chi connectivity index (χ0v) is 28.4. The first-order chi connectivity index (χ1) is 21.8. The van der Waals surface area contributed by atoms with Crippen LogP contribution in [0.5, 0.6) is 0 Å². The van der Waals surface area contributed by atoms with Crippen molar-refractivity contribution < 1.29 is 23.9 Å². The Bertz CT molecular complexity index is 1380. The molecule has 3 heterocycles. The molecule has 0 fully saturated rings. The number of hydrogen-bond donors (Lipinski definition) is 2. The van der Waals surface area contributed by atoms with Crippen LogP contribution in [0.25, 0.3) is 0 Å². The number of amides is 2. The number of unbranched alkanes of at least 4 members (excludes halogenated alkanes) is 4. The van der Waals surface area contributed by atoms with Crippen molar-refractivity contribution in [3.05, 3.63) is 64.1 Å². The topological polar surface area (TPSA) is 127 Å². The van der Waals surface area contributed by atoms with Gasteiger partial charge in [-0.15, -0.1) is 23.1 Å². The van der Waals surface area contributed by atoms with Crippen molar-refractivity contribution in [3.8, 4) is 0 Å². The van der Waals surface area contributed by atoms with Crippen LogP contribution in [0.4, 0.5) is 0 Å². The quantitative estimate of drug-likeness (QED) is 0.169. The lowest BCUT2D eigenvalue weighted by molar-refractivity contribution is -0.152. The SMILES string of the molecule is CCCCCCCC(=O)SCC/C=C/[C@@H]1CC(=O)NCc2nc(cs2)C2=N[C@@](C)(CS2)C(=O)N[C@@H](Cc2ccccc2)C(=O)O1. The van der Waals surface area contributed by atoms with Gasteiger partial charge in [-0.1, -0.05) is 80.8 Å². The largest absolute Gasteiger partial charge is 0.456 e. The molecule has 2 aliphatic rings. The molecule has 1 aromatic carbocycles. The summed E-state index contributed by atoms with van der Waals surface area (Å²) in [6.45, 7) is 4.16. The van der Waals surface area contributed by atoms with Gasteiger partial charge in [0.2, 0.25) is 11.8 Å². The molecule has 0 unspecified atom stereocenters. The van der Waals surface area contributed by atoms with E-state index in [1.807, 2.05) is 41.8 Å². The lowest BCUT2D eigenvalue weighted by Gasteiger charge is -2.25. The number of thiazole rings is 1. The number of aliphatic imine (C=N–C) groups is 1. The Morgan fingerprint density at radius 3 is 2.76 bits per heavy atom. The molecule has 0 aliphatic carbocycles. The summed E-state index contributed by atoms with van der Waals surface area (Å²) in [6.07, 6.45) is 9.54. The Kier molecular flexibility index (Phi) is 13.7. The highest BCUT2D eigenvalue weighted by molar-refractivity contribution is 8.14. The molecule has 9 nitrogen and oxygen atoms in total. The van der Waals surface area contributed by atoms with Gasteiger partial charge in [0.05, 0.1) is 13.0 Å². The lowest BCUT2D eigenvalue weighted by Crippen LogP contribution is -2.52. The zero-order chi connectivity index (χ0) is 32.1. The van der Waals surface area contributed by atoms with Gasteiger partial charge in [-0.05, 0) is 31.4 Å². The molecule has 1 aromatic heterocycles. The van der Waals surface area contributed by atoms with E-state index in [0.29, 0.717) is 40.1 Å². The number of carbonyl (C=O) groups excluding carboxylic acids is 4. The number of fused-ring (bicyclic) bond motifs is 4. The van der Waals surface area contributed by atoms with Crippen LogP contribution in [-0.2, 0) is 36.9 Å². The summed E-state index contributed by atoms with van der Waals surface area (Å²) < 4.78 is 5.88. The van der Waals surface area contributed by atoms with Crippen LogP contribution in [0.2, 0.25) is 0 Å². The molecule has 45 heavy (non-hydrogen) atoms. The molecular formula is C33H42N4O5S3. The van der Waals surface area contributed by atoms with E-state index >= 15 is 0 Å². The molecule has 2 amide bonds. The number of benzene rings is 1. The number of hydrogen-bond acceptors (Lipinski definition) is 10. The summed E-state index contributed by atoms with van der Waals surface area (Å²) >= 11 is 4.17. The molecule has 3 atom stereocenters. The normalized spacial score (nSPS) is 22.5. The van der Waals surface area contributed by atoms with E-state index in [-0.39, 0.29) is 36.3 Å². The second-order valence-corrected chi connectivity index (χ2v) is 14.4. The molecule has 242 valence electrons. The van der Waals surface area contributed by atoms with E-state index in [4.69, 9.17) is 9.73 Å². The minimum atomic E-state index is -1.08. The highest BCUT2D eigenvalue weighted by atomic mass is 32.2. The van der Waals surface area contributed by atoms with E-state index in [9.17, 15) is 19.2 Å². The molecule has 0 spiro atoms. The third-order valence-corrected chi connectivity index (χ3v) is 10.5. The van der Waals surface area contributed by atoms with Crippen molar-refractivity contribution in [3.63, 3.8) is 0 Å². The minimum absolute atomic E-state index is 0.0867. The predicted molar refractivity (Wildman–Crippen MR) is 183 cm³/mol. The van der Waals surface area contributed by atoms with Crippen molar-refractivity contribution >= 4 is 62.8 Å². The fourth-order valence-corrected chi connectivity index (χ4v) is 7.53. The summed E-state index contributed by atoms with van der Waals surface area (Å²) in [5, 5.41) is 9.21. The first-order valence-corrected chi connectivity index (χ1v) is 18.4. The van der Waals surface area contributed by atoms with Crippen LogP contribution in [-0.4, -0.2) is 62.1 Å². The summed E-state index contributed by atoms with van der Waals surface area (Å²) in [6, 6.07) is 8.42. The number of nitrogens with zero attached hydrogens (tertiary/aromatic N) is 2. The number of esters is 1. The van der Waals surface area contributed by atoms with Crippen LogP contribution < -0.4 is 10.6 Å². The Morgan fingerprint density at radius 2 is 1.96 bits per heavy atom. The average Bonchev–Trinajstić information content (AvgIpc) is 3.67. The maximum Gasteiger partial charge on any atom is 0.329 e. The fourth-order valence-electron chi connectivity index (χ4n) is 4.84. The minimum Gasteiger partial charge on any atom is -0.456 e. The number of ether oxygens (including phenoxy) is 1. The van der Waals surface area contributed by atoms with Crippen LogP contribution in [0.15, 0.2) is 52.9 Å². The van der Waals surface area contributed by atoms with Crippen LogP contribution in [0.1, 0.15) is 81.5 Å². The lowest BCUT2D eigenvalue weighted by atomic mass is 10.0. The van der Waals surface area contributed by atoms with Crippen molar-refractivity contribution in [1.82, 2.24) is 15.6 Å². The van der Waals surface area contributed by atoms with Crippen molar-refractivity contribution in [2.24, 2.45) is 4.99 Å². The third-order valence-electron chi connectivity index (χ3n) is 7.44. The number of allylic oxidation sites excluding steroid dienone is 1. The van der Waals surface area contributed by atoms with Gasteiger partial charge in [0.1, 0.15) is 33.4 Å². The monoisotopic (exact) mass is 670 g/mol. The maximum atomic E-state index is 13.6. The number of carbonyl (C=O) groups is 4. The van der Waals surface area contributed by atoms with E-state index in [2.05, 4.69) is 22.5 Å². The molecule has 12 heteroatoms. The molecule has 0 saturated carbocycles. The van der Waals surface area contributed by atoms with Gasteiger partial charge in [0, 0.05) is 29.7 Å². The van der Waals surface area contributed by atoms with Crippen molar-refractivity contribution in [2.75, 3.05) is 11.5 Å². The summed E-state index contributed by atoms with van der Waals surface area (Å²) in [5.41, 5.74) is 0.455. The predicted octanol–water partition coefficient (Wildman–Crippen LogP) is 5.62. The number of rotatable bonds is 12. The fraction of sp³-hybridized carbons (Fsp3) is 0.515. The van der Waals surface area contributed by atoms with Gasteiger partial charge in [-0.2, -0.15) is 0 Å². The van der Waals surface area contributed by atoms with E-state index in [1.54, 1.807) is 13.0 Å². The van der Waals surface area contributed by atoms with Crippen LogP contribution >= 0.6 is 34.9 Å². The van der Waals surface area contributed by atoms with E-state index < -0.39 is 23.7 Å². The van der Waals surface area contributed by atoms with Crippen LogP contribution in [0, 0.1) is 0 Å².